The van der Waals surface area contributed by atoms with Crippen LogP contribution in [-0.4, -0.2) is 19.6 Å². The molecular formula is C8H3N5S. The van der Waals surface area contributed by atoms with E-state index >= 15 is 0 Å². The quantitative estimate of drug-likeness (QED) is 0.548. The smallest absolute Gasteiger partial charge is 0.168 e. The maximum atomic E-state index is 8.89. The number of thiophene rings is 1. The minimum absolute atomic E-state index is 0.608. The predicted molar refractivity (Wildman–Crippen MR) is 50.9 cm³/mol. The van der Waals surface area contributed by atoms with E-state index in [2.05, 4.69) is 21.1 Å². The maximum Gasteiger partial charge on any atom is 0.168 e. The van der Waals surface area contributed by atoms with Crippen molar-refractivity contribution in [2.45, 2.75) is 0 Å². The second-order valence-electron chi connectivity index (χ2n) is 2.71. The average Bonchev–Trinajstić information content (AvgIpc) is 2.82. The second-order valence-corrected chi connectivity index (χ2v) is 3.57. The van der Waals surface area contributed by atoms with Crippen molar-refractivity contribution in [3.63, 3.8) is 0 Å². The molecule has 0 aliphatic rings. The van der Waals surface area contributed by atoms with Gasteiger partial charge in [-0.3, -0.25) is 0 Å². The first kappa shape index (κ1) is 7.41. The van der Waals surface area contributed by atoms with Crippen LogP contribution in [0.25, 0.3) is 15.9 Å². The van der Waals surface area contributed by atoms with E-state index in [1.54, 1.807) is 16.2 Å². The Bertz CT molecular complexity index is 659. The zero-order valence-corrected chi connectivity index (χ0v) is 7.69. The molecule has 0 N–H and O–H groups in total. The molecule has 66 valence electrons. The fourth-order valence-electron chi connectivity index (χ4n) is 1.36. The molecule has 0 aliphatic carbocycles. The number of hydrogen-bond acceptors (Lipinski definition) is 5. The molecule has 14 heavy (non-hydrogen) atoms. The lowest BCUT2D eigenvalue weighted by Gasteiger charge is -1.92. The van der Waals surface area contributed by atoms with Gasteiger partial charge < -0.3 is 0 Å². The summed E-state index contributed by atoms with van der Waals surface area (Å²) in [5.74, 6) is 0. The lowest BCUT2D eigenvalue weighted by atomic mass is 10.2. The van der Waals surface area contributed by atoms with Crippen molar-refractivity contribution in [2.75, 3.05) is 0 Å². The van der Waals surface area contributed by atoms with Crippen LogP contribution in [0.5, 0.6) is 0 Å². The fraction of sp³-hybridized carbons (Fsp3) is 0. The van der Waals surface area contributed by atoms with E-state index in [4.69, 9.17) is 5.26 Å². The van der Waals surface area contributed by atoms with E-state index in [9.17, 15) is 0 Å². The van der Waals surface area contributed by atoms with Gasteiger partial charge in [0.25, 0.3) is 0 Å². The van der Waals surface area contributed by atoms with Crippen LogP contribution in [0.3, 0.4) is 0 Å². The summed E-state index contributed by atoms with van der Waals surface area (Å²) in [6.45, 7) is 0. The number of fused-ring (bicyclic) bond motifs is 3. The normalized spacial score (nSPS) is 10.8. The van der Waals surface area contributed by atoms with Gasteiger partial charge in [-0.2, -0.15) is 10.4 Å². The van der Waals surface area contributed by atoms with Crippen molar-refractivity contribution in [1.82, 2.24) is 19.6 Å². The van der Waals surface area contributed by atoms with Gasteiger partial charge in [0.05, 0.1) is 10.9 Å². The molecular weight excluding hydrogens is 198 g/mol. The van der Waals surface area contributed by atoms with Gasteiger partial charge in [-0.1, -0.05) is 0 Å². The highest BCUT2D eigenvalue weighted by Crippen LogP contribution is 2.25. The van der Waals surface area contributed by atoms with Crippen LogP contribution in [0.4, 0.5) is 0 Å². The zero-order valence-electron chi connectivity index (χ0n) is 6.88. The van der Waals surface area contributed by atoms with Crippen molar-refractivity contribution in [2.24, 2.45) is 0 Å². The summed E-state index contributed by atoms with van der Waals surface area (Å²) < 4.78 is 1.57. The molecule has 0 spiro atoms. The molecule has 0 unspecified atom stereocenters. The third-order valence-corrected chi connectivity index (χ3v) is 2.86. The first-order valence-corrected chi connectivity index (χ1v) is 4.74. The standard InChI is InChI=1S/C8H3N5S/c9-1-5-2-14-8-6(5)7-10-3-12-13(7)4-11-8/h2-4H. The topological polar surface area (TPSA) is 66.9 Å². The Morgan fingerprint density at radius 3 is 3.21 bits per heavy atom. The maximum absolute atomic E-state index is 8.89. The number of hydrogen-bond donors (Lipinski definition) is 0. The monoisotopic (exact) mass is 201 g/mol. The van der Waals surface area contributed by atoms with Gasteiger partial charge >= 0.3 is 0 Å². The summed E-state index contributed by atoms with van der Waals surface area (Å²) >= 11 is 1.44. The van der Waals surface area contributed by atoms with Crippen LogP contribution in [0.2, 0.25) is 0 Å². The van der Waals surface area contributed by atoms with Crippen LogP contribution in [-0.2, 0) is 0 Å². The van der Waals surface area contributed by atoms with Gasteiger partial charge in [0.1, 0.15) is 23.6 Å². The molecule has 0 bridgehead atoms. The molecule has 6 heteroatoms. The molecule has 0 saturated carbocycles. The molecule has 3 aromatic rings. The van der Waals surface area contributed by atoms with Crippen molar-refractivity contribution in [1.29, 1.82) is 5.26 Å². The Morgan fingerprint density at radius 1 is 1.43 bits per heavy atom. The van der Waals surface area contributed by atoms with E-state index in [1.165, 1.54) is 17.7 Å². The Morgan fingerprint density at radius 2 is 2.36 bits per heavy atom. The van der Waals surface area contributed by atoms with Crippen molar-refractivity contribution in [3.8, 4) is 6.07 Å². The van der Waals surface area contributed by atoms with Gasteiger partial charge in [0, 0.05) is 5.38 Å². The first-order chi connectivity index (χ1) is 6.90. The summed E-state index contributed by atoms with van der Waals surface area (Å²) in [6.07, 6.45) is 3.05. The van der Waals surface area contributed by atoms with Crippen LogP contribution >= 0.6 is 11.3 Å². The van der Waals surface area contributed by atoms with E-state index in [0.717, 1.165) is 10.2 Å². The molecule has 3 heterocycles. The summed E-state index contributed by atoms with van der Waals surface area (Å²) in [6, 6.07) is 2.12. The van der Waals surface area contributed by atoms with Gasteiger partial charge in [-0.15, -0.1) is 11.3 Å². The Labute approximate surface area is 82.3 Å². The van der Waals surface area contributed by atoms with Gasteiger partial charge in [-0.05, 0) is 0 Å². The highest BCUT2D eigenvalue weighted by molar-refractivity contribution is 7.17. The van der Waals surface area contributed by atoms with Crippen LogP contribution < -0.4 is 0 Å². The van der Waals surface area contributed by atoms with E-state index < -0.39 is 0 Å². The average molecular weight is 201 g/mol. The number of aromatic nitrogens is 4. The summed E-state index contributed by atoms with van der Waals surface area (Å²) in [5.41, 5.74) is 1.30. The summed E-state index contributed by atoms with van der Waals surface area (Å²) in [7, 11) is 0. The molecule has 0 fully saturated rings. The highest BCUT2D eigenvalue weighted by atomic mass is 32.1. The third kappa shape index (κ3) is 0.791. The minimum Gasteiger partial charge on any atom is -0.225 e. The highest BCUT2D eigenvalue weighted by Gasteiger charge is 2.10. The van der Waals surface area contributed by atoms with E-state index in [-0.39, 0.29) is 0 Å². The Kier molecular flexibility index (Phi) is 1.32. The van der Waals surface area contributed by atoms with Gasteiger partial charge in [-0.25, -0.2) is 14.5 Å². The molecule has 3 aromatic heterocycles. The number of rotatable bonds is 0. The van der Waals surface area contributed by atoms with Crippen LogP contribution in [0.1, 0.15) is 5.56 Å². The molecule has 0 radical (unpaired) electrons. The molecule has 0 amide bonds. The fourth-order valence-corrected chi connectivity index (χ4v) is 2.19. The number of nitriles is 1. The lowest BCUT2D eigenvalue weighted by Crippen LogP contribution is -1.89. The molecule has 0 saturated heterocycles. The Hall–Kier alpha value is -2.00. The SMILES string of the molecule is N#Cc1csc2ncn3ncnc3c12. The Balaban J connectivity index is 2.66. The molecule has 5 nitrogen and oxygen atoms in total. The minimum atomic E-state index is 0.608. The zero-order chi connectivity index (χ0) is 9.54. The first-order valence-electron chi connectivity index (χ1n) is 3.86. The second kappa shape index (κ2) is 2.49. The van der Waals surface area contributed by atoms with Gasteiger partial charge in [0.2, 0.25) is 0 Å². The molecule has 0 aliphatic heterocycles. The van der Waals surface area contributed by atoms with Crippen LogP contribution in [0.15, 0.2) is 18.0 Å². The molecule has 3 rings (SSSR count). The van der Waals surface area contributed by atoms with E-state index in [0.29, 0.717) is 11.2 Å². The predicted octanol–water partition coefficient (Wildman–Crippen LogP) is 1.21. The summed E-state index contributed by atoms with van der Waals surface area (Å²) in [5, 5.41) is 15.4. The largest absolute Gasteiger partial charge is 0.225 e. The number of nitrogens with zero attached hydrogens (tertiary/aromatic N) is 5. The summed E-state index contributed by atoms with van der Waals surface area (Å²) in [4.78, 5) is 9.09. The molecule has 0 atom stereocenters. The lowest BCUT2D eigenvalue weighted by molar-refractivity contribution is 0.935. The van der Waals surface area contributed by atoms with E-state index in [1.807, 2.05) is 0 Å². The van der Waals surface area contributed by atoms with Crippen LogP contribution in [0, 0.1) is 11.3 Å². The third-order valence-electron chi connectivity index (χ3n) is 1.97. The van der Waals surface area contributed by atoms with Crippen molar-refractivity contribution in [3.05, 3.63) is 23.6 Å². The van der Waals surface area contributed by atoms with Crippen molar-refractivity contribution >= 4 is 27.2 Å². The molecule has 0 aromatic carbocycles. The van der Waals surface area contributed by atoms with Gasteiger partial charge in [0.15, 0.2) is 5.65 Å². The van der Waals surface area contributed by atoms with Crippen molar-refractivity contribution < 1.29 is 0 Å².